The maximum Gasteiger partial charge on any atom is 0.261 e. The number of nitrogens with one attached hydrogen (secondary N) is 1. The minimum atomic E-state index is -3.62. The number of hydrogen-bond donors (Lipinski definition) is 1. The average Bonchev–Trinajstić information content (AvgIpc) is 2.60. The van der Waals surface area contributed by atoms with Crippen LogP contribution >= 0.6 is 0 Å². The number of hydrogen-bond acceptors (Lipinski definition) is 4. The molecule has 0 atom stereocenters. The van der Waals surface area contributed by atoms with Gasteiger partial charge in [-0.15, -0.1) is 0 Å². The molecule has 0 saturated carbocycles. The normalized spacial score (nSPS) is 11.7. The molecule has 0 aliphatic heterocycles. The van der Waals surface area contributed by atoms with E-state index >= 15 is 0 Å². The second-order valence-corrected chi connectivity index (χ2v) is 7.02. The van der Waals surface area contributed by atoms with Gasteiger partial charge in [0.15, 0.2) is 0 Å². The van der Waals surface area contributed by atoms with Crippen molar-refractivity contribution >= 4 is 37.8 Å². The number of fused-ring (bicyclic) bond motifs is 2. The van der Waals surface area contributed by atoms with Gasteiger partial charge in [-0.05, 0) is 42.5 Å². The van der Waals surface area contributed by atoms with Gasteiger partial charge in [-0.3, -0.25) is 4.72 Å². The minimum Gasteiger partial charge on any atom is -0.280 e. The van der Waals surface area contributed by atoms with E-state index in [4.69, 9.17) is 0 Å². The van der Waals surface area contributed by atoms with Gasteiger partial charge >= 0.3 is 0 Å². The van der Waals surface area contributed by atoms with Crippen molar-refractivity contribution in [3.05, 3.63) is 72.8 Å². The molecule has 118 valence electrons. The SMILES string of the molecule is O=S(=O)(Nc1ccc2nc3ccccc3nc2c1)c1ccccc1. The summed E-state index contributed by atoms with van der Waals surface area (Å²) in [6.45, 7) is 0. The van der Waals surface area contributed by atoms with Gasteiger partial charge in [-0.25, -0.2) is 18.4 Å². The lowest BCUT2D eigenvalue weighted by Crippen LogP contribution is -2.12. The molecule has 0 saturated heterocycles. The Morgan fingerprint density at radius 1 is 0.667 bits per heavy atom. The molecule has 3 aromatic carbocycles. The third-order valence-corrected chi connectivity index (χ3v) is 5.04. The number of aromatic nitrogens is 2. The highest BCUT2D eigenvalue weighted by Crippen LogP contribution is 2.21. The van der Waals surface area contributed by atoms with Crippen molar-refractivity contribution in [1.29, 1.82) is 0 Å². The van der Waals surface area contributed by atoms with Gasteiger partial charge in [0, 0.05) is 0 Å². The van der Waals surface area contributed by atoms with Crippen LogP contribution in [-0.2, 0) is 10.0 Å². The number of anilines is 1. The molecule has 0 radical (unpaired) electrons. The van der Waals surface area contributed by atoms with Crippen LogP contribution in [0.3, 0.4) is 0 Å². The third-order valence-electron chi connectivity index (χ3n) is 3.64. The van der Waals surface area contributed by atoms with Crippen molar-refractivity contribution in [2.75, 3.05) is 4.72 Å². The van der Waals surface area contributed by atoms with E-state index in [1.165, 1.54) is 0 Å². The fraction of sp³-hybridized carbons (Fsp3) is 0. The van der Waals surface area contributed by atoms with Gasteiger partial charge in [0.05, 0.1) is 32.6 Å². The zero-order valence-electron chi connectivity index (χ0n) is 12.5. The molecule has 6 heteroatoms. The van der Waals surface area contributed by atoms with Crippen molar-refractivity contribution in [2.24, 2.45) is 0 Å². The molecule has 5 nitrogen and oxygen atoms in total. The van der Waals surface area contributed by atoms with Crippen LogP contribution in [0.5, 0.6) is 0 Å². The van der Waals surface area contributed by atoms with E-state index in [1.807, 2.05) is 24.3 Å². The molecule has 0 fully saturated rings. The highest BCUT2D eigenvalue weighted by atomic mass is 32.2. The minimum absolute atomic E-state index is 0.217. The van der Waals surface area contributed by atoms with E-state index in [0.717, 1.165) is 16.6 Å². The van der Waals surface area contributed by atoms with E-state index in [0.29, 0.717) is 11.2 Å². The summed E-state index contributed by atoms with van der Waals surface area (Å²) >= 11 is 0. The molecule has 0 amide bonds. The highest BCUT2D eigenvalue weighted by Gasteiger charge is 2.14. The van der Waals surface area contributed by atoms with Crippen molar-refractivity contribution in [1.82, 2.24) is 9.97 Å². The molecule has 0 bridgehead atoms. The van der Waals surface area contributed by atoms with Gasteiger partial charge in [-0.2, -0.15) is 0 Å². The van der Waals surface area contributed by atoms with Crippen LogP contribution in [0, 0.1) is 0 Å². The maximum atomic E-state index is 12.4. The lowest BCUT2D eigenvalue weighted by Gasteiger charge is -2.09. The Morgan fingerprint density at radius 3 is 1.96 bits per heavy atom. The van der Waals surface area contributed by atoms with Crippen LogP contribution in [-0.4, -0.2) is 18.4 Å². The highest BCUT2D eigenvalue weighted by molar-refractivity contribution is 7.92. The number of para-hydroxylation sites is 2. The smallest absolute Gasteiger partial charge is 0.261 e. The molecule has 4 aromatic rings. The van der Waals surface area contributed by atoms with Crippen LogP contribution in [0.15, 0.2) is 77.7 Å². The largest absolute Gasteiger partial charge is 0.280 e. The first-order valence-electron chi connectivity index (χ1n) is 7.36. The van der Waals surface area contributed by atoms with Gasteiger partial charge in [0.2, 0.25) is 0 Å². The standard InChI is InChI=1S/C18H13N3O2S/c22-24(23,14-6-2-1-3-7-14)21-13-10-11-17-18(12-13)20-16-9-5-4-8-15(16)19-17/h1-12,21H. The van der Waals surface area contributed by atoms with E-state index in [2.05, 4.69) is 14.7 Å². The number of rotatable bonds is 3. The fourth-order valence-electron chi connectivity index (χ4n) is 2.50. The molecule has 0 aliphatic carbocycles. The molecule has 0 aliphatic rings. The summed E-state index contributed by atoms with van der Waals surface area (Å²) in [5.41, 5.74) is 3.39. The van der Waals surface area contributed by atoms with Gasteiger partial charge in [-0.1, -0.05) is 30.3 Å². The summed E-state index contributed by atoms with van der Waals surface area (Å²) < 4.78 is 27.4. The number of sulfonamides is 1. The molecule has 1 N–H and O–H groups in total. The zero-order valence-corrected chi connectivity index (χ0v) is 13.4. The molecule has 1 heterocycles. The third kappa shape index (κ3) is 2.68. The number of benzene rings is 3. The van der Waals surface area contributed by atoms with Crippen LogP contribution in [0.1, 0.15) is 0 Å². The quantitative estimate of drug-likeness (QED) is 0.581. The Morgan fingerprint density at radius 2 is 1.25 bits per heavy atom. The van der Waals surface area contributed by atoms with Gasteiger partial charge in [0.1, 0.15) is 0 Å². The van der Waals surface area contributed by atoms with E-state index in [-0.39, 0.29) is 4.90 Å². The van der Waals surface area contributed by atoms with E-state index in [1.54, 1.807) is 48.5 Å². The molecule has 24 heavy (non-hydrogen) atoms. The Labute approximate surface area is 139 Å². The lowest BCUT2D eigenvalue weighted by atomic mass is 10.2. The summed E-state index contributed by atoms with van der Waals surface area (Å²) in [5, 5.41) is 0. The Bertz CT molecular complexity index is 1140. The Hall–Kier alpha value is -2.99. The summed E-state index contributed by atoms with van der Waals surface area (Å²) in [6.07, 6.45) is 0. The molecule has 1 aromatic heterocycles. The molecule has 4 rings (SSSR count). The first-order valence-corrected chi connectivity index (χ1v) is 8.85. The molecule has 0 spiro atoms. The summed E-state index contributed by atoms with van der Waals surface area (Å²) in [4.78, 5) is 9.29. The maximum absolute atomic E-state index is 12.4. The van der Waals surface area contributed by atoms with E-state index in [9.17, 15) is 8.42 Å². The summed E-state index contributed by atoms with van der Waals surface area (Å²) in [7, 11) is -3.62. The number of nitrogens with zero attached hydrogens (tertiary/aromatic N) is 2. The second-order valence-electron chi connectivity index (χ2n) is 5.33. The topological polar surface area (TPSA) is 72.0 Å². The molecular formula is C18H13N3O2S. The van der Waals surface area contributed by atoms with Crippen molar-refractivity contribution in [3.63, 3.8) is 0 Å². The Kier molecular flexibility index (Phi) is 3.39. The first-order chi connectivity index (χ1) is 11.6. The Balaban J connectivity index is 1.76. The van der Waals surface area contributed by atoms with Crippen LogP contribution < -0.4 is 4.72 Å². The van der Waals surface area contributed by atoms with Crippen LogP contribution in [0.25, 0.3) is 22.1 Å². The predicted octanol–water partition coefficient (Wildman–Crippen LogP) is 3.58. The monoisotopic (exact) mass is 335 g/mol. The van der Waals surface area contributed by atoms with Crippen molar-refractivity contribution < 1.29 is 8.42 Å². The average molecular weight is 335 g/mol. The van der Waals surface area contributed by atoms with Crippen LogP contribution in [0.4, 0.5) is 5.69 Å². The van der Waals surface area contributed by atoms with E-state index < -0.39 is 10.0 Å². The van der Waals surface area contributed by atoms with Gasteiger partial charge in [0.25, 0.3) is 10.0 Å². The fourth-order valence-corrected chi connectivity index (χ4v) is 3.57. The lowest BCUT2D eigenvalue weighted by molar-refractivity contribution is 0.601. The summed E-state index contributed by atoms with van der Waals surface area (Å²) in [5.74, 6) is 0. The molecule has 0 unspecified atom stereocenters. The van der Waals surface area contributed by atoms with Gasteiger partial charge < -0.3 is 0 Å². The van der Waals surface area contributed by atoms with Crippen molar-refractivity contribution in [3.8, 4) is 0 Å². The first kappa shape index (κ1) is 14.6. The van der Waals surface area contributed by atoms with Crippen molar-refractivity contribution in [2.45, 2.75) is 4.90 Å². The van der Waals surface area contributed by atoms with Crippen LogP contribution in [0.2, 0.25) is 0 Å². The summed E-state index contributed by atoms with van der Waals surface area (Å²) in [6, 6.07) is 21.0. The second kappa shape index (κ2) is 5.58. The zero-order chi connectivity index (χ0) is 16.6. The molecular weight excluding hydrogens is 322 g/mol. The predicted molar refractivity (Wildman–Crippen MR) is 94.3 cm³/mol.